The van der Waals surface area contributed by atoms with Crippen LogP contribution in [0.1, 0.15) is 180 Å². The van der Waals surface area contributed by atoms with Crippen LogP contribution < -0.4 is 26.2 Å². The Kier molecular flexibility index (Phi) is 9.30. The van der Waals surface area contributed by atoms with Crippen LogP contribution in [-0.4, -0.2) is 6.71 Å². The highest BCUT2D eigenvalue weighted by Gasteiger charge is 2.45. The number of fused-ring (bicyclic) bond motifs is 6. The highest BCUT2D eigenvalue weighted by molar-refractivity contribution is 7.00. The first-order chi connectivity index (χ1) is 28.9. The molecule has 308 valence electrons. The average Bonchev–Trinajstić information content (AvgIpc) is 3.92. The Morgan fingerprint density at radius 3 is 1.47 bits per heavy atom. The van der Waals surface area contributed by atoms with Crippen molar-refractivity contribution in [2.75, 3.05) is 9.80 Å². The van der Waals surface area contributed by atoms with E-state index < -0.39 is 0 Å². The lowest BCUT2D eigenvalue weighted by Crippen LogP contribution is -2.61. The third kappa shape index (κ3) is 6.33. The van der Waals surface area contributed by atoms with Crippen LogP contribution in [0.5, 0.6) is 0 Å². The zero-order chi connectivity index (χ0) is 41.1. The minimum absolute atomic E-state index is 0.0208. The van der Waals surface area contributed by atoms with Gasteiger partial charge in [-0.05, 0) is 197 Å². The van der Waals surface area contributed by atoms with Crippen molar-refractivity contribution < 1.29 is 0 Å². The first-order valence-electron chi connectivity index (χ1n) is 24.3. The summed E-state index contributed by atoms with van der Waals surface area (Å²) in [5.74, 6) is 1.30. The molecule has 0 aromatic heterocycles. The molecular weight excluding hydrogens is 723 g/mol. The van der Waals surface area contributed by atoms with E-state index in [9.17, 15) is 0 Å². The van der Waals surface area contributed by atoms with E-state index in [0.29, 0.717) is 11.8 Å². The van der Waals surface area contributed by atoms with Crippen molar-refractivity contribution in [1.82, 2.24) is 0 Å². The van der Waals surface area contributed by atoms with Gasteiger partial charge in [0.2, 0.25) is 0 Å². The Morgan fingerprint density at radius 2 is 0.967 bits per heavy atom. The second-order valence-corrected chi connectivity index (χ2v) is 22.1. The molecule has 0 amide bonds. The summed E-state index contributed by atoms with van der Waals surface area (Å²) in [6.45, 7) is 16.9. The summed E-state index contributed by atoms with van der Waals surface area (Å²) in [5.41, 5.74) is 26.8. The maximum Gasteiger partial charge on any atom is 0.252 e. The lowest BCUT2D eigenvalue weighted by molar-refractivity contribution is 0.444. The van der Waals surface area contributed by atoms with Crippen molar-refractivity contribution in [3.63, 3.8) is 0 Å². The van der Waals surface area contributed by atoms with Gasteiger partial charge in [0.05, 0.1) is 5.69 Å². The summed E-state index contributed by atoms with van der Waals surface area (Å²) in [6.07, 6.45) is 20.8. The molecule has 0 N–H and O–H groups in total. The standard InChI is InChI=1S/C57H67BN2/c1-36-28-52-54-53(29-36)60(55-46-22-14-20-41(46)30-42-21-15-23-47(42)55)51-32-40(38-18-12-9-13-19-38)25-27-49(51)58(54)48-26-24-39(37-16-10-8-11-17-37)31-50(48)59(52)45-34-43(56(2,3)4)33-44(35-45)57(5,6)7/h24-35,37-38H,8-23H2,1-7H3. The summed E-state index contributed by atoms with van der Waals surface area (Å²) in [5, 5.41) is 0. The van der Waals surface area contributed by atoms with Crippen LogP contribution in [0.15, 0.2) is 72.8 Å². The summed E-state index contributed by atoms with van der Waals surface area (Å²) in [7, 11) is 0. The van der Waals surface area contributed by atoms with Crippen molar-refractivity contribution in [2.45, 2.75) is 174 Å². The van der Waals surface area contributed by atoms with Gasteiger partial charge in [-0.2, -0.15) is 0 Å². The van der Waals surface area contributed by atoms with Gasteiger partial charge >= 0.3 is 0 Å². The molecular formula is C57H67BN2. The summed E-state index contributed by atoms with van der Waals surface area (Å²) in [6, 6.07) is 31.1. The van der Waals surface area contributed by atoms with Crippen molar-refractivity contribution in [1.29, 1.82) is 0 Å². The fraction of sp³-hybridized carbons (Fsp3) is 0.474. The zero-order valence-corrected chi connectivity index (χ0v) is 37.9. The predicted molar refractivity (Wildman–Crippen MR) is 258 cm³/mol. The molecule has 11 rings (SSSR count). The first-order valence-corrected chi connectivity index (χ1v) is 24.3. The first kappa shape index (κ1) is 38.7. The molecule has 5 aromatic carbocycles. The van der Waals surface area contributed by atoms with E-state index in [0.717, 1.165) is 0 Å². The van der Waals surface area contributed by atoms with Crippen LogP contribution in [0, 0.1) is 6.92 Å². The molecule has 2 nitrogen and oxygen atoms in total. The number of benzene rings is 5. The Hall–Kier alpha value is -4.24. The maximum atomic E-state index is 2.87. The van der Waals surface area contributed by atoms with Gasteiger partial charge in [0.25, 0.3) is 6.71 Å². The van der Waals surface area contributed by atoms with Gasteiger partial charge in [0, 0.05) is 28.4 Å². The monoisotopic (exact) mass is 791 g/mol. The molecule has 0 bridgehead atoms. The van der Waals surface area contributed by atoms with E-state index in [1.807, 2.05) is 0 Å². The Morgan fingerprint density at radius 1 is 0.483 bits per heavy atom. The second-order valence-electron chi connectivity index (χ2n) is 22.1. The molecule has 2 heterocycles. The van der Waals surface area contributed by atoms with Crippen LogP contribution >= 0.6 is 0 Å². The quantitative estimate of drug-likeness (QED) is 0.164. The molecule has 2 aliphatic heterocycles. The van der Waals surface area contributed by atoms with Crippen molar-refractivity contribution in [3.05, 3.63) is 123 Å². The van der Waals surface area contributed by atoms with Crippen molar-refractivity contribution in [2.24, 2.45) is 0 Å². The normalized spacial score (nSPS) is 18.9. The van der Waals surface area contributed by atoms with Crippen LogP contribution in [0.3, 0.4) is 0 Å². The molecule has 3 heteroatoms. The van der Waals surface area contributed by atoms with E-state index >= 15 is 0 Å². The van der Waals surface area contributed by atoms with E-state index in [1.54, 1.807) is 39.1 Å². The number of nitrogens with zero attached hydrogens (tertiary/aromatic N) is 2. The SMILES string of the molecule is Cc1cc2c3c(c1)N(c1c4c(cc5c1CCC5)CCC4)c1cc(C4CCCCC4)ccc1B3c1ccc(C3CCCCC3)cc1N2c1cc(C(C)(C)C)cc(C(C)(C)C)c1. The molecule has 2 saturated carbocycles. The van der Waals surface area contributed by atoms with Crippen molar-refractivity contribution in [3.8, 4) is 0 Å². The van der Waals surface area contributed by atoms with Crippen LogP contribution in [0.4, 0.5) is 34.1 Å². The molecule has 0 spiro atoms. The fourth-order valence-corrected chi connectivity index (χ4v) is 12.7. The average molecular weight is 791 g/mol. The highest BCUT2D eigenvalue weighted by atomic mass is 15.2. The topological polar surface area (TPSA) is 6.48 Å². The van der Waals surface area contributed by atoms with Gasteiger partial charge in [-0.15, -0.1) is 0 Å². The van der Waals surface area contributed by atoms with E-state index in [-0.39, 0.29) is 17.5 Å². The van der Waals surface area contributed by atoms with E-state index in [4.69, 9.17) is 0 Å². The van der Waals surface area contributed by atoms with Crippen LogP contribution in [-0.2, 0) is 36.5 Å². The zero-order valence-electron chi connectivity index (χ0n) is 37.9. The molecule has 5 aromatic rings. The predicted octanol–water partition coefficient (Wildman–Crippen LogP) is 13.7. The molecule has 0 atom stereocenters. The second kappa shape index (κ2) is 14.4. The molecule has 60 heavy (non-hydrogen) atoms. The minimum atomic E-state index is 0.0208. The lowest BCUT2D eigenvalue weighted by atomic mass is 9.33. The van der Waals surface area contributed by atoms with Gasteiger partial charge in [0.1, 0.15) is 0 Å². The third-order valence-electron chi connectivity index (χ3n) is 16.0. The number of anilines is 6. The molecule has 2 fully saturated rings. The summed E-state index contributed by atoms with van der Waals surface area (Å²) in [4.78, 5) is 5.61. The van der Waals surface area contributed by atoms with E-state index in [2.05, 4.69) is 131 Å². The number of hydrogen-bond acceptors (Lipinski definition) is 2. The smallest absolute Gasteiger partial charge is 0.252 e. The van der Waals surface area contributed by atoms with Gasteiger partial charge in [-0.1, -0.05) is 116 Å². The third-order valence-corrected chi connectivity index (χ3v) is 16.0. The largest absolute Gasteiger partial charge is 0.311 e. The highest BCUT2D eigenvalue weighted by Crippen LogP contribution is 2.51. The Balaban J connectivity index is 1.22. The fourth-order valence-electron chi connectivity index (χ4n) is 12.7. The maximum absolute atomic E-state index is 2.87. The van der Waals surface area contributed by atoms with Gasteiger partial charge in [-0.25, -0.2) is 0 Å². The molecule has 0 radical (unpaired) electrons. The number of rotatable bonds is 4. The van der Waals surface area contributed by atoms with Gasteiger partial charge in [-0.3, -0.25) is 0 Å². The summed E-state index contributed by atoms with van der Waals surface area (Å²) >= 11 is 0. The van der Waals surface area contributed by atoms with E-state index in [1.165, 1.54) is 164 Å². The Bertz CT molecular complexity index is 2450. The van der Waals surface area contributed by atoms with Crippen LogP contribution in [0.2, 0.25) is 0 Å². The lowest BCUT2D eigenvalue weighted by Gasteiger charge is -2.46. The molecule has 6 aliphatic rings. The number of hydrogen-bond donors (Lipinski definition) is 0. The van der Waals surface area contributed by atoms with Crippen LogP contribution in [0.25, 0.3) is 0 Å². The minimum Gasteiger partial charge on any atom is -0.311 e. The van der Waals surface area contributed by atoms with Gasteiger partial charge in [0.15, 0.2) is 0 Å². The van der Waals surface area contributed by atoms with Gasteiger partial charge < -0.3 is 9.80 Å². The Labute approximate surface area is 362 Å². The summed E-state index contributed by atoms with van der Waals surface area (Å²) < 4.78 is 0. The van der Waals surface area contributed by atoms with Crippen molar-refractivity contribution >= 4 is 57.2 Å². The number of aryl methyl sites for hydroxylation is 3. The molecule has 4 aliphatic carbocycles. The molecule has 0 saturated heterocycles. The molecule has 0 unspecified atom stereocenters.